The summed E-state index contributed by atoms with van der Waals surface area (Å²) < 4.78 is 0. The topological polar surface area (TPSA) is 321 Å². The number of aliphatic hydroxyl groups excluding tert-OH is 1. The summed E-state index contributed by atoms with van der Waals surface area (Å²) in [5, 5.41) is 34.8. The van der Waals surface area contributed by atoms with Crippen LogP contribution in [0.4, 0.5) is 0 Å². The third kappa shape index (κ3) is 22.6. The third-order valence-corrected chi connectivity index (χ3v) is 11.6. The van der Waals surface area contributed by atoms with Crippen LogP contribution in [0.25, 0.3) is 0 Å². The van der Waals surface area contributed by atoms with E-state index in [0.29, 0.717) is 6.42 Å². The number of carbonyl (C=O) groups is 9. The van der Waals surface area contributed by atoms with Crippen LogP contribution in [0.1, 0.15) is 118 Å². The second kappa shape index (κ2) is 33.0. The molecule has 0 aliphatic carbocycles. The van der Waals surface area contributed by atoms with Gasteiger partial charge in [0.25, 0.3) is 0 Å². The van der Waals surface area contributed by atoms with Crippen molar-refractivity contribution in [3.63, 3.8) is 0 Å². The number of rotatable bonds is 20. The molecule has 372 valence electrons. The number of aliphatic hydroxyl groups is 1. The number of Topliss-reactive ketones (excluding diaryl/α,β-unsaturated/α-hetero) is 1. The monoisotopic (exact) mass is 950 g/mol. The van der Waals surface area contributed by atoms with E-state index >= 15 is 0 Å². The minimum atomic E-state index is -2.04. The number of nitrogens with zero attached hydrogens (tertiary/aromatic N) is 1. The summed E-state index contributed by atoms with van der Waals surface area (Å²) in [5.41, 5.74) is 3.25. The molecule has 21 nitrogen and oxygen atoms in total. The van der Waals surface area contributed by atoms with Crippen molar-refractivity contribution in [3.05, 3.63) is 23.8 Å². The number of unbranched alkanes of at least 4 members (excludes halogenated alkanes) is 5. The number of guanidine groups is 1. The minimum absolute atomic E-state index is 0.0966. The first-order valence-electron chi connectivity index (χ1n) is 22.8. The number of ketones is 1. The molecule has 6 unspecified atom stereocenters. The lowest BCUT2D eigenvalue weighted by molar-refractivity contribution is -0.138. The molecule has 66 heavy (non-hydrogen) atoms. The Morgan fingerprint density at radius 2 is 1.58 bits per heavy atom. The van der Waals surface area contributed by atoms with Gasteiger partial charge in [-0.1, -0.05) is 52.2 Å². The number of hydrogen-bond acceptors (Lipinski definition) is 12. The molecule has 0 aromatic rings. The number of amides is 8. The van der Waals surface area contributed by atoms with E-state index in [-0.39, 0.29) is 31.4 Å². The van der Waals surface area contributed by atoms with Crippen molar-refractivity contribution >= 4 is 70.8 Å². The highest BCUT2D eigenvalue weighted by atomic mass is 32.2. The first kappa shape index (κ1) is 58.5. The van der Waals surface area contributed by atoms with Gasteiger partial charge in [0.05, 0.1) is 19.2 Å². The fourth-order valence-corrected chi connectivity index (χ4v) is 7.59. The summed E-state index contributed by atoms with van der Waals surface area (Å²) in [6, 6.07) is -5.03. The summed E-state index contributed by atoms with van der Waals surface area (Å²) in [6.45, 7) is 6.66. The van der Waals surface area contributed by atoms with E-state index in [1.807, 2.05) is 7.05 Å². The van der Waals surface area contributed by atoms with Crippen LogP contribution in [0.5, 0.6) is 0 Å². The smallest absolute Gasteiger partial charge is 0.248 e. The molecule has 0 aromatic heterocycles. The summed E-state index contributed by atoms with van der Waals surface area (Å²) in [4.78, 5) is 121. The Morgan fingerprint density at radius 3 is 2.18 bits per heavy atom. The number of allylic oxidation sites excluding steroid dienone is 2. The van der Waals surface area contributed by atoms with Crippen LogP contribution in [-0.4, -0.2) is 133 Å². The Labute approximate surface area is 393 Å². The highest BCUT2D eigenvalue weighted by Crippen LogP contribution is 2.28. The SMILES string of the molecule is CCCC1NC(=O)C(CC(=O)C(C)NC(=O)CC)CC2(CS/C=C\NC(=O)C(CO)NC(=O)C(CCC(N)=O)NC2=O)NC(=O)CNC1=O.CCCCC/C=C\CCCCNC(=NC)NC. The molecule has 1 fully saturated rings. The Bertz CT molecular complexity index is 1710. The quantitative estimate of drug-likeness (QED) is 0.0326. The third-order valence-electron chi connectivity index (χ3n) is 10.6. The summed E-state index contributed by atoms with van der Waals surface area (Å²) >= 11 is 0.925. The number of hydrogen-bond donors (Lipinski definition) is 11. The lowest BCUT2D eigenvalue weighted by atomic mass is 9.83. The molecule has 2 aliphatic rings. The number of carbonyl (C=O) groups excluding carboxylic acids is 9. The van der Waals surface area contributed by atoms with Gasteiger partial charge in [0.1, 0.15) is 23.7 Å². The van der Waals surface area contributed by atoms with Gasteiger partial charge < -0.3 is 58.7 Å². The average molecular weight is 950 g/mol. The first-order valence-corrected chi connectivity index (χ1v) is 23.9. The largest absolute Gasteiger partial charge is 0.394 e. The van der Waals surface area contributed by atoms with Gasteiger partial charge in [0.2, 0.25) is 47.3 Å². The van der Waals surface area contributed by atoms with E-state index in [4.69, 9.17) is 5.73 Å². The van der Waals surface area contributed by atoms with Gasteiger partial charge in [-0.25, -0.2) is 0 Å². The Hall–Kier alpha value is -5.51. The number of aliphatic imine (C=N–C) groups is 1. The van der Waals surface area contributed by atoms with Crippen molar-refractivity contribution in [2.75, 3.05) is 39.5 Å². The fraction of sp³-hybridized carbons (Fsp3) is 0.682. The van der Waals surface area contributed by atoms with E-state index in [2.05, 4.69) is 71.9 Å². The zero-order valence-electron chi connectivity index (χ0n) is 39.5. The molecular formula is C44H75N11O10S. The van der Waals surface area contributed by atoms with Crippen molar-refractivity contribution in [3.8, 4) is 0 Å². The van der Waals surface area contributed by atoms with Gasteiger partial charge in [0, 0.05) is 57.8 Å². The lowest BCUT2D eigenvalue weighted by Crippen LogP contribution is -2.65. The van der Waals surface area contributed by atoms with Gasteiger partial charge in [-0.05, 0) is 63.7 Å². The average Bonchev–Trinajstić information content (AvgIpc) is 3.29. The van der Waals surface area contributed by atoms with E-state index in [9.17, 15) is 48.3 Å². The summed E-state index contributed by atoms with van der Waals surface area (Å²) in [5.74, 6) is -7.57. The second-order valence-electron chi connectivity index (χ2n) is 16.0. The van der Waals surface area contributed by atoms with Gasteiger partial charge >= 0.3 is 0 Å². The Balaban J connectivity index is 0.00000108. The second-order valence-corrected chi connectivity index (χ2v) is 16.9. The van der Waals surface area contributed by atoms with Crippen LogP contribution in [0.2, 0.25) is 0 Å². The molecule has 2 aliphatic heterocycles. The van der Waals surface area contributed by atoms with Crippen molar-refractivity contribution in [2.24, 2.45) is 16.6 Å². The van der Waals surface area contributed by atoms with Gasteiger partial charge in [-0.2, -0.15) is 0 Å². The zero-order valence-corrected chi connectivity index (χ0v) is 40.3. The number of nitrogens with two attached hydrogens (primary N) is 1. The first-order chi connectivity index (χ1) is 31.5. The van der Waals surface area contributed by atoms with Crippen LogP contribution in [0.3, 0.4) is 0 Å². The maximum Gasteiger partial charge on any atom is 0.248 e. The van der Waals surface area contributed by atoms with E-state index in [0.717, 1.165) is 24.3 Å². The number of nitrogens with one attached hydrogen (secondary N) is 9. The molecule has 8 amide bonds. The fourth-order valence-electron chi connectivity index (χ4n) is 6.73. The van der Waals surface area contributed by atoms with Gasteiger partial charge in [-0.3, -0.25) is 48.1 Å². The van der Waals surface area contributed by atoms with Crippen LogP contribution in [0.15, 0.2) is 28.8 Å². The molecule has 22 heteroatoms. The van der Waals surface area contributed by atoms with E-state index in [1.165, 1.54) is 63.5 Å². The van der Waals surface area contributed by atoms with Crippen LogP contribution in [-0.2, 0) is 43.2 Å². The summed E-state index contributed by atoms with van der Waals surface area (Å²) in [6.07, 6.45) is 13.8. The predicted molar refractivity (Wildman–Crippen MR) is 253 cm³/mol. The normalized spacial score (nSPS) is 23.2. The molecule has 2 heterocycles. The van der Waals surface area contributed by atoms with Crippen LogP contribution < -0.4 is 53.6 Å². The molecule has 0 aromatic carbocycles. The molecule has 0 bridgehead atoms. The van der Waals surface area contributed by atoms with Crippen molar-refractivity contribution in [2.45, 2.75) is 147 Å². The van der Waals surface area contributed by atoms with E-state index in [1.54, 1.807) is 20.9 Å². The van der Waals surface area contributed by atoms with Crippen molar-refractivity contribution in [1.82, 2.24) is 47.9 Å². The molecule has 1 spiro atoms. The molecule has 6 atom stereocenters. The molecule has 1 saturated heterocycles. The molecule has 0 radical (unpaired) electrons. The number of thioether (sulfide) groups is 1. The molecule has 2 rings (SSSR count). The molecule has 12 N–H and O–H groups in total. The maximum atomic E-state index is 14.3. The molecular weight excluding hydrogens is 875 g/mol. The highest BCUT2D eigenvalue weighted by Gasteiger charge is 2.46. The van der Waals surface area contributed by atoms with Gasteiger partial charge in [0.15, 0.2) is 11.7 Å². The van der Waals surface area contributed by atoms with Crippen LogP contribution >= 0.6 is 11.8 Å². The highest BCUT2D eigenvalue weighted by molar-refractivity contribution is 8.02. The maximum absolute atomic E-state index is 14.3. The minimum Gasteiger partial charge on any atom is -0.394 e. The molecule has 0 saturated carbocycles. The van der Waals surface area contributed by atoms with Gasteiger partial charge in [-0.15, -0.1) is 11.8 Å². The predicted octanol–water partition coefficient (Wildman–Crippen LogP) is -0.214. The lowest BCUT2D eigenvalue weighted by Gasteiger charge is -2.36. The van der Waals surface area contributed by atoms with Crippen molar-refractivity contribution < 1.29 is 48.3 Å². The standard InChI is InChI=1S/C30H46N8O10S.C14H29N3/c1-4-6-18-26(45)33-13-24(43)38-30(12-17(25(44)35-18)11-21(40)16(3)34-23(42)5-2)15-49-10-9-32-27(46)20(14-39)36-28(47)19(37-29(30)48)7-8-22(31)41;1-4-5-6-7-8-9-10-11-12-13-17-14(15-2)16-3/h9-10,16-20,39H,4-8,11-15H2,1-3H3,(H2,31,41)(H,32,46)(H,33,45)(H,34,42)(H,35,44)(H,36,47)(H,37,48)(H,38,43);8-9H,4-7,10-13H2,1-3H3,(H2,15,16,17)/b10-9-;9-8-. The summed E-state index contributed by atoms with van der Waals surface area (Å²) in [7, 11) is 3.67. The van der Waals surface area contributed by atoms with Crippen molar-refractivity contribution in [1.29, 1.82) is 0 Å². The Kier molecular flexibility index (Phi) is 29.3. The Morgan fingerprint density at radius 1 is 0.909 bits per heavy atom. The van der Waals surface area contributed by atoms with E-state index < -0.39 is 115 Å². The number of primary amides is 1. The zero-order chi connectivity index (χ0) is 49.5. The van der Waals surface area contributed by atoms with Crippen LogP contribution in [0, 0.1) is 5.92 Å².